The molecule has 1 unspecified atom stereocenters. The fourth-order valence-corrected chi connectivity index (χ4v) is 2.71. The van der Waals surface area contributed by atoms with Gasteiger partial charge in [0.2, 0.25) is 5.79 Å². The monoisotopic (exact) mass is 325 g/mol. The first-order valence-corrected chi connectivity index (χ1v) is 6.99. The van der Waals surface area contributed by atoms with E-state index in [1.807, 2.05) is 12.1 Å². The van der Waals surface area contributed by atoms with Crippen LogP contribution >= 0.6 is 23.2 Å². The zero-order valence-electron chi connectivity index (χ0n) is 11.2. The standard InChI is InChI=1S/C13H13Cl2N5O/c1-20-6-7-3-2-4-8(10(7)11(20)21)18-13(16)9(14)5-17-12(15)19-13/h2-5,18H,6,16H2,1H3,(H,17,19). The molecule has 110 valence electrons. The number of carbonyl (C=O) groups is 1. The molecule has 1 amide bonds. The first-order chi connectivity index (χ1) is 9.90. The lowest BCUT2D eigenvalue weighted by atomic mass is 10.1. The van der Waals surface area contributed by atoms with Crippen LogP contribution < -0.4 is 16.4 Å². The van der Waals surface area contributed by atoms with Crippen LogP contribution in [-0.4, -0.2) is 28.9 Å². The van der Waals surface area contributed by atoms with Gasteiger partial charge in [0.15, 0.2) is 5.29 Å². The molecule has 1 atom stereocenters. The molecule has 2 aliphatic heterocycles. The van der Waals surface area contributed by atoms with E-state index in [9.17, 15) is 4.79 Å². The molecule has 3 rings (SSSR count). The molecule has 0 radical (unpaired) electrons. The van der Waals surface area contributed by atoms with E-state index in [4.69, 9.17) is 28.9 Å². The highest BCUT2D eigenvalue weighted by Gasteiger charge is 2.35. The topological polar surface area (TPSA) is 82.8 Å². The number of nitrogens with one attached hydrogen (secondary N) is 2. The molecule has 0 fully saturated rings. The number of hydrogen-bond donors (Lipinski definition) is 3. The van der Waals surface area contributed by atoms with E-state index in [1.54, 1.807) is 18.0 Å². The molecule has 0 aliphatic carbocycles. The molecule has 2 heterocycles. The average molecular weight is 326 g/mol. The van der Waals surface area contributed by atoms with Crippen LogP contribution in [-0.2, 0) is 6.54 Å². The molecule has 0 saturated heterocycles. The third-order valence-corrected chi connectivity index (χ3v) is 3.99. The Morgan fingerprint density at radius 3 is 3.00 bits per heavy atom. The number of carbonyl (C=O) groups excluding carboxylic acids is 1. The molecule has 0 saturated carbocycles. The van der Waals surface area contributed by atoms with Crippen LogP contribution in [0.4, 0.5) is 5.69 Å². The maximum Gasteiger partial charge on any atom is 0.256 e. The zero-order valence-corrected chi connectivity index (χ0v) is 12.7. The van der Waals surface area contributed by atoms with Crippen LogP contribution in [0.5, 0.6) is 0 Å². The minimum atomic E-state index is -1.40. The van der Waals surface area contributed by atoms with E-state index in [2.05, 4.69) is 15.6 Å². The summed E-state index contributed by atoms with van der Waals surface area (Å²) in [5.41, 5.74) is 8.24. The van der Waals surface area contributed by atoms with Gasteiger partial charge in [-0.05, 0) is 23.2 Å². The second kappa shape index (κ2) is 4.91. The summed E-state index contributed by atoms with van der Waals surface area (Å²) in [6.07, 6.45) is 1.46. The van der Waals surface area contributed by atoms with Gasteiger partial charge in [-0.25, -0.2) is 4.99 Å². The Kier molecular flexibility index (Phi) is 3.32. The third kappa shape index (κ3) is 2.35. The molecule has 21 heavy (non-hydrogen) atoms. The third-order valence-electron chi connectivity index (χ3n) is 3.40. The predicted molar refractivity (Wildman–Crippen MR) is 83.1 cm³/mol. The van der Waals surface area contributed by atoms with E-state index in [-0.39, 0.29) is 16.2 Å². The Hall–Kier alpha value is -1.76. The lowest BCUT2D eigenvalue weighted by molar-refractivity contribution is 0.0817. The number of amidine groups is 1. The van der Waals surface area contributed by atoms with E-state index in [1.165, 1.54) is 6.20 Å². The summed E-state index contributed by atoms with van der Waals surface area (Å²) in [6, 6.07) is 5.52. The minimum absolute atomic E-state index is 0.0687. The Morgan fingerprint density at radius 2 is 2.24 bits per heavy atom. The zero-order chi connectivity index (χ0) is 15.2. The van der Waals surface area contributed by atoms with Crippen molar-refractivity contribution in [3.63, 3.8) is 0 Å². The molecule has 0 spiro atoms. The Balaban J connectivity index is 2.01. The van der Waals surface area contributed by atoms with E-state index >= 15 is 0 Å². The number of nitrogens with two attached hydrogens (primary N) is 1. The lowest BCUT2D eigenvalue weighted by Crippen LogP contribution is -2.50. The van der Waals surface area contributed by atoms with Crippen molar-refractivity contribution in [1.29, 1.82) is 0 Å². The number of fused-ring (bicyclic) bond motifs is 1. The minimum Gasteiger partial charge on any atom is -0.344 e. The second-order valence-electron chi connectivity index (χ2n) is 4.93. The first-order valence-electron chi connectivity index (χ1n) is 6.23. The fourth-order valence-electron chi connectivity index (χ4n) is 2.37. The summed E-state index contributed by atoms with van der Waals surface area (Å²) in [5.74, 6) is -1.47. The van der Waals surface area contributed by atoms with Crippen LogP contribution in [0.1, 0.15) is 15.9 Å². The quantitative estimate of drug-likeness (QED) is 0.569. The number of aliphatic imine (C=N–C) groups is 1. The summed E-state index contributed by atoms with van der Waals surface area (Å²) >= 11 is 11.9. The van der Waals surface area contributed by atoms with E-state index < -0.39 is 5.79 Å². The molecular formula is C13H13Cl2N5O. The molecule has 2 aliphatic rings. The number of benzene rings is 1. The van der Waals surface area contributed by atoms with Crippen molar-refractivity contribution in [3.8, 4) is 0 Å². The highest BCUT2D eigenvalue weighted by molar-refractivity contribution is 6.65. The predicted octanol–water partition coefficient (Wildman–Crippen LogP) is 1.57. The molecule has 0 aromatic heterocycles. The van der Waals surface area contributed by atoms with Gasteiger partial charge in [0, 0.05) is 19.8 Å². The van der Waals surface area contributed by atoms with E-state index in [0.29, 0.717) is 17.8 Å². The van der Waals surface area contributed by atoms with Crippen molar-refractivity contribution in [2.24, 2.45) is 10.7 Å². The van der Waals surface area contributed by atoms with Crippen LogP contribution in [0, 0.1) is 0 Å². The van der Waals surface area contributed by atoms with Crippen molar-refractivity contribution in [3.05, 3.63) is 40.6 Å². The molecule has 1 aromatic carbocycles. The maximum atomic E-state index is 12.2. The van der Waals surface area contributed by atoms with E-state index in [0.717, 1.165) is 5.56 Å². The largest absolute Gasteiger partial charge is 0.344 e. The molecule has 8 heteroatoms. The Morgan fingerprint density at radius 1 is 1.48 bits per heavy atom. The van der Waals surface area contributed by atoms with Gasteiger partial charge < -0.3 is 15.5 Å². The van der Waals surface area contributed by atoms with Gasteiger partial charge in [-0.15, -0.1) is 0 Å². The van der Waals surface area contributed by atoms with Crippen molar-refractivity contribution in [2.75, 3.05) is 12.4 Å². The number of halogens is 2. The first kappa shape index (κ1) is 14.2. The SMILES string of the molecule is CN1Cc2cccc(NC3(N)N=C(Cl)NC=C3Cl)c2C1=O. The molecule has 6 nitrogen and oxygen atoms in total. The van der Waals surface area contributed by atoms with Crippen molar-refractivity contribution in [2.45, 2.75) is 12.3 Å². The summed E-state index contributed by atoms with van der Waals surface area (Å²) < 4.78 is 0. The van der Waals surface area contributed by atoms with Gasteiger partial charge in [0.25, 0.3) is 5.91 Å². The van der Waals surface area contributed by atoms with Gasteiger partial charge >= 0.3 is 0 Å². The molecule has 0 bridgehead atoms. The van der Waals surface area contributed by atoms with Crippen molar-refractivity contribution >= 4 is 40.1 Å². The molecule has 1 aromatic rings. The summed E-state index contributed by atoms with van der Waals surface area (Å²) in [5, 5.41) is 6.03. The van der Waals surface area contributed by atoms with Gasteiger partial charge in [-0.2, -0.15) is 0 Å². The highest BCUT2D eigenvalue weighted by atomic mass is 35.5. The lowest BCUT2D eigenvalue weighted by Gasteiger charge is -2.30. The highest BCUT2D eigenvalue weighted by Crippen LogP contribution is 2.32. The van der Waals surface area contributed by atoms with Crippen LogP contribution in [0.2, 0.25) is 0 Å². The molecular weight excluding hydrogens is 313 g/mol. The van der Waals surface area contributed by atoms with Gasteiger partial charge in [-0.3, -0.25) is 10.5 Å². The van der Waals surface area contributed by atoms with Crippen LogP contribution in [0.25, 0.3) is 0 Å². The van der Waals surface area contributed by atoms with Gasteiger partial charge in [0.1, 0.15) is 0 Å². The second-order valence-corrected chi connectivity index (χ2v) is 5.70. The van der Waals surface area contributed by atoms with Crippen molar-refractivity contribution in [1.82, 2.24) is 10.2 Å². The number of anilines is 1. The number of rotatable bonds is 2. The maximum absolute atomic E-state index is 12.2. The van der Waals surface area contributed by atoms with Crippen molar-refractivity contribution < 1.29 is 4.79 Å². The van der Waals surface area contributed by atoms with Crippen LogP contribution in [0.3, 0.4) is 0 Å². The van der Waals surface area contributed by atoms with Crippen LogP contribution in [0.15, 0.2) is 34.4 Å². The number of hydrogen-bond acceptors (Lipinski definition) is 5. The summed E-state index contributed by atoms with van der Waals surface area (Å²) in [7, 11) is 1.75. The molecule has 4 N–H and O–H groups in total. The van der Waals surface area contributed by atoms with Gasteiger partial charge in [0.05, 0.1) is 16.3 Å². The summed E-state index contributed by atoms with van der Waals surface area (Å²) in [4.78, 5) is 17.9. The Labute approximate surface area is 131 Å². The fraction of sp³-hybridized carbons (Fsp3) is 0.231. The average Bonchev–Trinajstić information content (AvgIpc) is 2.71. The number of amides is 1. The van der Waals surface area contributed by atoms with Gasteiger partial charge in [-0.1, -0.05) is 23.7 Å². The Bertz CT molecular complexity index is 687. The summed E-state index contributed by atoms with van der Waals surface area (Å²) in [6.45, 7) is 0.566. The smallest absolute Gasteiger partial charge is 0.256 e. The number of nitrogens with zero attached hydrogens (tertiary/aromatic N) is 2. The normalized spacial score (nSPS) is 24.2.